The van der Waals surface area contributed by atoms with E-state index in [1.165, 1.54) is 18.6 Å². The molecule has 4 nitrogen and oxygen atoms in total. The van der Waals surface area contributed by atoms with E-state index < -0.39 is 0 Å². The van der Waals surface area contributed by atoms with Crippen molar-refractivity contribution in [3.8, 4) is 0 Å². The summed E-state index contributed by atoms with van der Waals surface area (Å²) in [5, 5.41) is 3.86. The Kier molecular flexibility index (Phi) is 3.09. The Balaban J connectivity index is 1.69. The SMILES string of the molecule is O=c1c(NCC2CCCS2)nccn1C1CC1. The van der Waals surface area contributed by atoms with E-state index in [-0.39, 0.29) is 5.56 Å². The lowest BCUT2D eigenvalue weighted by atomic mass is 10.2. The van der Waals surface area contributed by atoms with Gasteiger partial charge in [0.15, 0.2) is 5.82 Å². The molecule has 0 aromatic carbocycles. The summed E-state index contributed by atoms with van der Waals surface area (Å²) in [6.07, 6.45) is 8.33. The first-order valence-corrected chi connectivity index (χ1v) is 7.32. The van der Waals surface area contributed by atoms with Gasteiger partial charge in [-0.25, -0.2) is 4.98 Å². The van der Waals surface area contributed by atoms with Gasteiger partial charge in [-0.2, -0.15) is 11.8 Å². The van der Waals surface area contributed by atoms with Crippen molar-refractivity contribution in [1.82, 2.24) is 9.55 Å². The highest BCUT2D eigenvalue weighted by Crippen LogP contribution is 2.33. The van der Waals surface area contributed by atoms with Crippen LogP contribution in [0.1, 0.15) is 31.7 Å². The first-order chi connectivity index (χ1) is 8.34. The summed E-state index contributed by atoms with van der Waals surface area (Å²) >= 11 is 1.99. The largest absolute Gasteiger partial charge is 0.364 e. The number of thioether (sulfide) groups is 1. The second-order valence-electron chi connectivity index (χ2n) is 4.74. The van der Waals surface area contributed by atoms with Crippen LogP contribution in [0.3, 0.4) is 0 Å². The number of hydrogen-bond donors (Lipinski definition) is 1. The fourth-order valence-corrected chi connectivity index (χ4v) is 3.40. The second kappa shape index (κ2) is 4.72. The van der Waals surface area contributed by atoms with E-state index in [4.69, 9.17) is 0 Å². The van der Waals surface area contributed by atoms with Gasteiger partial charge in [0.05, 0.1) is 0 Å². The number of aromatic nitrogens is 2. The minimum atomic E-state index is 0.0398. The van der Waals surface area contributed by atoms with Gasteiger partial charge in [0, 0.05) is 30.2 Å². The molecular weight excluding hydrogens is 234 g/mol. The maximum atomic E-state index is 12.1. The van der Waals surface area contributed by atoms with Gasteiger partial charge in [-0.3, -0.25) is 4.79 Å². The van der Waals surface area contributed by atoms with E-state index in [9.17, 15) is 4.79 Å². The van der Waals surface area contributed by atoms with Crippen molar-refractivity contribution in [2.75, 3.05) is 17.6 Å². The second-order valence-corrected chi connectivity index (χ2v) is 6.14. The van der Waals surface area contributed by atoms with Crippen molar-refractivity contribution >= 4 is 17.6 Å². The molecule has 5 heteroatoms. The molecule has 1 saturated heterocycles. The van der Waals surface area contributed by atoms with Crippen LogP contribution < -0.4 is 10.9 Å². The average molecular weight is 251 g/mol. The van der Waals surface area contributed by atoms with Gasteiger partial charge in [0.25, 0.3) is 5.56 Å². The van der Waals surface area contributed by atoms with Crippen LogP contribution in [0.2, 0.25) is 0 Å². The lowest BCUT2D eigenvalue weighted by molar-refractivity contribution is 0.698. The molecule has 1 saturated carbocycles. The third-order valence-electron chi connectivity index (χ3n) is 3.33. The monoisotopic (exact) mass is 251 g/mol. The Bertz CT molecular complexity index is 449. The highest BCUT2D eigenvalue weighted by atomic mass is 32.2. The van der Waals surface area contributed by atoms with Gasteiger partial charge in [-0.05, 0) is 31.4 Å². The van der Waals surface area contributed by atoms with Crippen molar-refractivity contribution in [3.05, 3.63) is 22.7 Å². The van der Waals surface area contributed by atoms with Crippen molar-refractivity contribution in [3.63, 3.8) is 0 Å². The Morgan fingerprint density at radius 3 is 3.06 bits per heavy atom. The predicted octanol–water partition coefficient (Wildman–Crippen LogP) is 1.89. The number of rotatable bonds is 4. The quantitative estimate of drug-likeness (QED) is 0.887. The van der Waals surface area contributed by atoms with Crippen molar-refractivity contribution in [2.24, 2.45) is 0 Å². The Hall–Kier alpha value is -0.970. The van der Waals surface area contributed by atoms with Crippen molar-refractivity contribution in [2.45, 2.75) is 37.0 Å². The summed E-state index contributed by atoms with van der Waals surface area (Å²) < 4.78 is 1.82. The highest BCUT2D eigenvalue weighted by molar-refractivity contribution is 8.00. The Morgan fingerprint density at radius 1 is 1.47 bits per heavy atom. The van der Waals surface area contributed by atoms with Crippen LogP contribution >= 0.6 is 11.8 Å². The third-order valence-corrected chi connectivity index (χ3v) is 4.73. The molecule has 1 aromatic heterocycles. The summed E-state index contributed by atoms with van der Waals surface area (Å²) in [5.41, 5.74) is 0.0398. The molecule has 2 aliphatic rings. The minimum Gasteiger partial charge on any atom is -0.364 e. The van der Waals surface area contributed by atoms with E-state index in [2.05, 4.69) is 10.3 Å². The Morgan fingerprint density at radius 2 is 2.35 bits per heavy atom. The number of hydrogen-bond acceptors (Lipinski definition) is 4. The van der Waals surface area contributed by atoms with Gasteiger partial charge in [-0.15, -0.1) is 0 Å². The zero-order chi connectivity index (χ0) is 11.7. The smallest absolute Gasteiger partial charge is 0.293 e. The van der Waals surface area contributed by atoms with Crippen molar-refractivity contribution < 1.29 is 0 Å². The zero-order valence-corrected chi connectivity index (χ0v) is 10.6. The molecule has 0 spiro atoms. The fraction of sp³-hybridized carbons (Fsp3) is 0.667. The maximum absolute atomic E-state index is 12.1. The first-order valence-electron chi connectivity index (χ1n) is 6.27. The van der Waals surface area contributed by atoms with Crippen LogP contribution in [0.5, 0.6) is 0 Å². The molecule has 1 aliphatic carbocycles. The van der Waals surface area contributed by atoms with Gasteiger partial charge in [0.1, 0.15) is 0 Å². The van der Waals surface area contributed by atoms with Gasteiger partial charge in [0.2, 0.25) is 0 Å². The molecule has 1 aromatic rings. The van der Waals surface area contributed by atoms with E-state index in [1.807, 2.05) is 16.3 Å². The summed E-state index contributed by atoms with van der Waals surface area (Å²) in [6.45, 7) is 0.863. The molecule has 2 heterocycles. The maximum Gasteiger partial charge on any atom is 0.293 e. The molecule has 3 rings (SSSR count). The fourth-order valence-electron chi connectivity index (χ4n) is 2.20. The van der Waals surface area contributed by atoms with Crippen LogP contribution in [0, 0.1) is 0 Å². The standard InChI is InChI=1S/C12H17N3OS/c16-12-11(14-8-10-2-1-7-17-10)13-5-6-15(12)9-3-4-9/h5-6,9-10H,1-4,7-8H2,(H,13,14). The lowest BCUT2D eigenvalue weighted by Gasteiger charge is -2.11. The molecule has 0 bridgehead atoms. The summed E-state index contributed by atoms with van der Waals surface area (Å²) in [6, 6.07) is 0.423. The Labute approximate surface area is 105 Å². The summed E-state index contributed by atoms with van der Waals surface area (Å²) in [4.78, 5) is 16.2. The van der Waals surface area contributed by atoms with Crippen molar-refractivity contribution in [1.29, 1.82) is 0 Å². The minimum absolute atomic E-state index is 0.0398. The molecular formula is C12H17N3OS. The number of anilines is 1. The molecule has 17 heavy (non-hydrogen) atoms. The van der Waals surface area contributed by atoms with Crippen LogP contribution in [0.25, 0.3) is 0 Å². The van der Waals surface area contributed by atoms with E-state index in [1.54, 1.807) is 12.4 Å². The average Bonchev–Trinajstić information content (AvgIpc) is 3.04. The van der Waals surface area contributed by atoms with Crippen LogP contribution in [0.15, 0.2) is 17.2 Å². The molecule has 1 atom stereocenters. The topological polar surface area (TPSA) is 46.9 Å². The van der Waals surface area contributed by atoms with Gasteiger partial charge >= 0.3 is 0 Å². The van der Waals surface area contributed by atoms with Gasteiger partial charge in [-0.1, -0.05) is 0 Å². The van der Waals surface area contributed by atoms with E-state index in [0.29, 0.717) is 17.1 Å². The van der Waals surface area contributed by atoms with E-state index >= 15 is 0 Å². The molecule has 1 aliphatic heterocycles. The highest BCUT2D eigenvalue weighted by Gasteiger charge is 2.25. The van der Waals surface area contributed by atoms with Crippen LogP contribution in [0.4, 0.5) is 5.82 Å². The molecule has 0 radical (unpaired) electrons. The van der Waals surface area contributed by atoms with Crippen LogP contribution in [-0.4, -0.2) is 27.1 Å². The third kappa shape index (κ3) is 2.49. The predicted molar refractivity (Wildman–Crippen MR) is 70.7 cm³/mol. The van der Waals surface area contributed by atoms with Crippen LogP contribution in [-0.2, 0) is 0 Å². The normalized spacial score (nSPS) is 23.9. The number of nitrogens with zero attached hydrogens (tertiary/aromatic N) is 2. The molecule has 1 unspecified atom stereocenters. The first kappa shape index (κ1) is 11.1. The molecule has 1 N–H and O–H groups in total. The summed E-state index contributed by atoms with van der Waals surface area (Å²) in [7, 11) is 0. The molecule has 2 fully saturated rings. The number of nitrogens with one attached hydrogen (secondary N) is 1. The summed E-state index contributed by atoms with van der Waals surface area (Å²) in [5.74, 6) is 1.77. The lowest BCUT2D eigenvalue weighted by Crippen LogP contribution is -2.26. The van der Waals surface area contributed by atoms with E-state index in [0.717, 1.165) is 19.4 Å². The molecule has 0 amide bonds. The zero-order valence-electron chi connectivity index (χ0n) is 9.76. The van der Waals surface area contributed by atoms with Gasteiger partial charge < -0.3 is 9.88 Å². The molecule has 92 valence electrons.